The lowest BCUT2D eigenvalue weighted by Gasteiger charge is -2.22. The number of rotatable bonds is 5. The van der Waals surface area contributed by atoms with Gasteiger partial charge in [-0.15, -0.1) is 0 Å². The van der Waals surface area contributed by atoms with Gasteiger partial charge in [0.1, 0.15) is 5.82 Å². The Balaban J connectivity index is 1.37. The molecule has 8 heteroatoms. The minimum absolute atomic E-state index is 0.331. The molecule has 0 bridgehead atoms. The van der Waals surface area contributed by atoms with E-state index in [-0.39, 0.29) is 0 Å². The van der Waals surface area contributed by atoms with E-state index in [9.17, 15) is 0 Å². The number of fused-ring (bicyclic) bond motifs is 1. The van der Waals surface area contributed by atoms with Crippen LogP contribution in [-0.2, 0) is 25.9 Å². The molecule has 0 saturated heterocycles. The first-order valence-corrected chi connectivity index (χ1v) is 8.21. The highest BCUT2D eigenvalue weighted by Gasteiger charge is 2.21. The largest absolute Gasteiger partial charge is 0.338 e. The van der Waals surface area contributed by atoms with Crippen molar-refractivity contribution >= 4 is 0 Å². The molecule has 8 nitrogen and oxygen atoms in total. The molecule has 24 heavy (non-hydrogen) atoms. The highest BCUT2D eigenvalue weighted by Crippen LogP contribution is 2.15. The van der Waals surface area contributed by atoms with Crippen LogP contribution in [0.1, 0.15) is 30.9 Å². The molecule has 0 radical (unpaired) electrons. The van der Waals surface area contributed by atoms with Gasteiger partial charge >= 0.3 is 0 Å². The third kappa shape index (κ3) is 3.05. The maximum Gasteiger partial charge on any atom is 0.240 e. The van der Waals surface area contributed by atoms with E-state index in [1.165, 1.54) is 0 Å². The molecule has 0 aliphatic carbocycles. The van der Waals surface area contributed by atoms with Gasteiger partial charge in [0.25, 0.3) is 0 Å². The molecule has 0 aromatic carbocycles. The minimum Gasteiger partial charge on any atom is -0.338 e. The van der Waals surface area contributed by atoms with Crippen LogP contribution in [0.5, 0.6) is 0 Å². The van der Waals surface area contributed by atoms with Crippen LogP contribution in [0.25, 0.3) is 11.4 Å². The smallest absolute Gasteiger partial charge is 0.240 e. The van der Waals surface area contributed by atoms with Crippen LogP contribution in [0.15, 0.2) is 29.0 Å². The van der Waals surface area contributed by atoms with Crippen molar-refractivity contribution < 1.29 is 4.52 Å². The Morgan fingerprint density at radius 2 is 2.33 bits per heavy atom. The average Bonchev–Trinajstić information content (AvgIpc) is 3.27. The van der Waals surface area contributed by atoms with Crippen molar-refractivity contribution in [1.29, 1.82) is 0 Å². The second kappa shape index (κ2) is 6.48. The van der Waals surface area contributed by atoms with Crippen molar-refractivity contribution in [3.05, 3.63) is 42.1 Å². The fraction of sp³-hybridized carbons (Fsp3) is 0.438. The highest BCUT2D eigenvalue weighted by atomic mass is 16.5. The molecule has 1 aliphatic heterocycles. The molecule has 1 N–H and O–H groups in total. The fourth-order valence-corrected chi connectivity index (χ4v) is 2.85. The Morgan fingerprint density at radius 1 is 1.38 bits per heavy atom. The van der Waals surface area contributed by atoms with Gasteiger partial charge in [-0.2, -0.15) is 10.1 Å². The number of hydrogen-bond acceptors (Lipinski definition) is 7. The van der Waals surface area contributed by atoms with E-state index in [4.69, 9.17) is 4.52 Å². The molecular weight excluding hydrogens is 306 g/mol. The third-order valence-electron chi connectivity index (χ3n) is 4.15. The summed E-state index contributed by atoms with van der Waals surface area (Å²) in [6, 6.07) is 4.09. The van der Waals surface area contributed by atoms with Crippen LogP contribution >= 0.6 is 0 Å². The highest BCUT2D eigenvalue weighted by molar-refractivity contribution is 5.51. The first-order chi connectivity index (χ1) is 11.8. The maximum absolute atomic E-state index is 5.31. The van der Waals surface area contributed by atoms with Gasteiger partial charge in [-0.05, 0) is 18.6 Å². The molecule has 0 unspecified atom stereocenters. The SMILES string of the molecule is CCc1nc2n(n1)C[C@@H](NCc1nc(-c3cccnc3)no1)CC2. The third-order valence-corrected chi connectivity index (χ3v) is 4.15. The summed E-state index contributed by atoms with van der Waals surface area (Å²) in [5, 5.41) is 12.0. The van der Waals surface area contributed by atoms with E-state index in [1.807, 2.05) is 16.8 Å². The van der Waals surface area contributed by atoms with E-state index >= 15 is 0 Å². The van der Waals surface area contributed by atoms with E-state index in [0.29, 0.717) is 24.3 Å². The van der Waals surface area contributed by atoms with Crippen LogP contribution < -0.4 is 5.32 Å². The summed E-state index contributed by atoms with van der Waals surface area (Å²) in [5.74, 6) is 3.15. The van der Waals surface area contributed by atoms with Gasteiger partial charge in [0.05, 0.1) is 13.1 Å². The predicted molar refractivity (Wildman–Crippen MR) is 85.9 cm³/mol. The van der Waals surface area contributed by atoms with E-state index in [0.717, 1.165) is 43.0 Å². The van der Waals surface area contributed by atoms with Crippen molar-refractivity contribution in [2.75, 3.05) is 0 Å². The molecule has 4 rings (SSSR count). The number of aromatic nitrogens is 6. The Labute approximate surface area is 139 Å². The zero-order valence-electron chi connectivity index (χ0n) is 13.5. The summed E-state index contributed by atoms with van der Waals surface area (Å²) in [6.07, 6.45) is 6.29. The summed E-state index contributed by atoms with van der Waals surface area (Å²) in [4.78, 5) is 13.0. The lowest BCUT2D eigenvalue weighted by Crippen LogP contribution is -2.37. The van der Waals surface area contributed by atoms with Crippen molar-refractivity contribution in [1.82, 2.24) is 35.2 Å². The average molecular weight is 325 g/mol. The maximum atomic E-state index is 5.31. The molecule has 0 spiro atoms. The predicted octanol–water partition coefficient (Wildman–Crippen LogP) is 1.39. The van der Waals surface area contributed by atoms with Crippen molar-refractivity contribution in [3.63, 3.8) is 0 Å². The summed E-state index contributed by atoms with van der Waals surface area (Å²) in [7, 11) is 0. The monoisotopic (exact) mass is 325 g/mol. The van der Waals surface area contributed by atoms with Crippen molar-refractivity contribution in [2.45, 2.75) is 45.3 Å². The Bertz CT molecular complexity index is 811. The number of nitrogens with one attached hydrogen (secondary N) is 1. The number of hydrogen-bond donors (Lipinski definition) is 1. The second-order valence-corrected chi connectivity index (χ2v) is 5.85. The van der Waals surface area contributed by atoms with Crippen LogP contribution in [0.4, 0.5) is 0 Å². The van der Waals surface area contributed by atoms with Crippen LogP contribution in [0.2, 0.25) is 0 Å². The number of nitrogens with zero attached hydrogens (tertiary/aromatic N) is 6. The lowest BCUT2D eigenvalue weighted by atomic mass is 10.1. The minimum atomic E-state index is 0.331. The molecule has 3 aromatic rings. The van der Waals surface area contributed by atoms with Crippen LogP contribution in [0, 0.1) is 0 Å². The van der Waals surface area contributed by atoms with Gasteiger partial charge in [-0.25, -0.2) is 9.67 Å². The molecule has 1 atom stereocenters. The molecule has 0 saturated carbocycles. The van der Waals surface area contributed by atoms with Gasteiger partial charge < -0.3 is 9.84 Å². The van der Waals surface area contributed by atoms with Crippen LogP contribution in [0.3, 0.4) is 0 Å². The zero-order valence-corrected chi connectivity index (χ0v) is 13.5. The molecule has 0 fully saturated rings. The molecular formula is C16H19N7O. The first-order valence-electron chi connectivity index (χ1n) is 8.21. The number of pyridine rings is 1. The Hall–Kier alpha value is -2.61. The number of aryl methyl sites for hydroxylation is 2. The quantitative estimate of drug-likeness (QED) is 0.757. The van der Waals surface area contributed by atoms with E-state index in [1.54, 1.807) is 12.4 Å². The summed E-state index contributed by atoms with van der Waals surface area (Å²) < 4.78 is 7.32. The zero-order chi connectivity index (χ0) is 16.4. The van der Waals surface area contributed by atoms with E-state index < -0.39 is 0 Å². The normalized spacial score (nSPS) is 17.0. The molecule has 3 aromatic heterocycles. The molecule has 4 heterocycles. The summed E-state index contributed by atoms with van der Waals surface area (Å²) in [6.45, 7) is 3.45. The Morgan fingerprint density at radius 3 is 3.17 bits per heavy atom. The van der Waals surface area contributed by atoms with Crippen LogP contribution in [-0.4, -0.2) is 35.9 Å². The first kappa shape index (κ1) is 14.9. The van der Waals surface area contributed by atoms with Gasteiger partial charge in [0.2, 0.25) is 11.7 Å². The topological polar surface area (TPSA) is 94.6 Å². The fourth-order valence-electron chi connectivity index (χ4n) is 2.85. The standard InChI is InChI=1S/C16H19N7O/c1-2-13-19-14-6-5-12(10-23(14)21-13)18-9-15-20-16(22-24-15)11-4-3-7-17-8-11/h3-4,7-8,12,18H,2,5-6,9-10H2,1H3/t12-/m0/s1. The van der Waals surface area contributed by atoms with E-state index in [2.05, 4.69) is 37.4 Å². The second-order valence-electron chi connectivity index (χ2n) is 5.85. The van der Waals surface area contributed by atoms with Gasteiger partial charge in [-0.1, -0.05) is 12.1 Å². The van der Waals surface area contributed by atoms with Gasteiger partial charge in [0.15, 0.2) is 5.82 Å². The summed E-state index contributed by atoms with van der Waals surface area (Å²) >= 11 is 0. The molecule has 1 aliphatic rings. The van der Waals surface area contributed by atoms with Crippen molar-refractivity contribution in [2.24, 2.45) is 0 Å². The van der Waals surface area contributed by atoms with Gasteiger partial charge in [0, 0.05) is 36.8 Å². The summed E-state index contributed by atoms with van der Waals surface area (Å²) in [5.41, 5.74) is 0.851. The van der Waals surface area contributed by atoms with Crippen molar-refractivity contribution in [3.8, 4) is 11.4 Å². The Kier molecular flexibility index (Phi) is 4.04. The molecule has 124 valence electrons. The lowest BCUT2D eigenvalue weighted by molar-refractivity contribution is 0.320. The van der Waals surface area contributed by atoms with Gasteiger partial charge in [-0.3, -0.25) is 4.98 Å². The molecule has 0 amide bonds.